The third-order valence-electron chi connectivity index (χ3n) is 3.64. The molecule has 2 aromatic carbocycles. The van der Waals surface area contributed by atoms with Gasteiger partial charge in [0.1, 0.15) is 23.3 Å². The van der Waals surface area contributed by atoms with E-state index < -0.39 is 5.82 Å². The lowest BCUT2D eigenvalue weighted by molar-refractivity contribution is 0.631. The number of nitriles is 1. The van der Waals surface area contributed by atoms with Crippen LogP contribution in [0, 0.1) is 24.1 Å². The molecule has 0 aliphatic carbocycles. The van der Waals surface area contributed by atoms with Gasteiger partial charge in [0.25, 0.3) is 0 Å². The first-order valence-electron chi connectivity index (χ1n) is 7.12. The average Bonchev–Trinajstić information content (AvgIpc) is 2.54. The Hall–Kier alpha value is -3.19. The van der Waals surface area contributed by atoms with Crippen molar-refractivity contribution < 1.29 is 4.39 Å². The van der Waals surface area contributed by atoms with Crippen LogP contribution in [0.3, 0.4) is 0 Å². The van der Waals surface area contributed by atoms with E-state index in [1.807, 2.05) is 37.3 Å². The molecule has 0 aliphatic heterocycles. The van der Waals surface area contributed by atoms with Crippen LogP contribution in [-0.2, 0) is 0 Å². The van der Waals surface area contributed by atoms with Crippen LogP contribution in [-0.4, -0.2) is 4.98 Å². The van der Waals surface area contributed by atoms with Crippen LogP contribution >= 0.6 is 0 Å². The predicted octanol–water partition coefficient (Wildman–Crippen LogP) is 4.32. The highest BCUT2D eigenvalue weighted by Crippen LogP contribution is 2.32. The maximum Gasteiger partial charge on any atom is 0.142 e. The monoisotopic (exact) mass is 303 g/mol. The van der Waals surface area contributed by atoms with Gasteiger partial charge >= 0.3 is 0 Å². The predicted molar refractivity (Wildman–Crippen MR) is 88.9 cm³/mol. The zero-order valence-electron chi connectivity index (χ0n) is 12.5. The van der Waals surface area contributed by atoms with Crippen molar-refractivity contribution in [1.82, 2.24) is 4.98 Å². The van der Waals surface area contributed by atoms with Gasteiger partial charge in [0, 0.05) is 16.7 Å². The van der Waals surface area contributed by atoms with Crippen molar-refractivity contribution in [2.45, 2.75) is 6.92 Å². The number of hydrogen-bond donors (Lipinski definition) is 1. The van der Waals surface area contributed by atoms with E-state index in [1.165, 1.54) is 6.07 Å². The molecular weight excluding hydrogens is 289 g/mol. The molecule has 3 nitrogen and oxygen atoms in total. The molecule has 0 spiro atoms. The van der Waals surface area contributed by atoms with Crippen LogP contribution in [0.4, 0.5) is 10.2 Å². The molecule has 4 heteroatoms. The number of nitrogen functional groups attached to an aromatic ring is 1. The minimum Gasteiger partial charge on any atom is -0.383 e. The molecule has 3 rings (SSSR count). The molecular formula is C19H14FN3. The maximum absolute atomic E-state index is 14.2. The molecule has 0 unspecified atom stereocenters. The fraction of sp³-hybridized carbons (Fsp3) is 0.0526. The molecule has 0 saturated heterocycles. The SMILES string of the molecule is Cc1cccc(-c2cc(-c3ccccc3F)c(C#N)c(N)n2)c1. The molecule has 0 atom stereocenters. The number of pyridine rings is 1. The van der Waals surface area contributed by atoms with Crippen molar-refractivity contribution in [3.63, 3.8) is 0 Å². The van der Waals surface area contributed by atoms with Gasteiger partial charge in [0.2, 0.25) is 0 Å². The molecule has 0 bridgehead atoms. The minimum atomic E-state index is -0.398. The van der Waals surface area contributed by atoms with Gasteiger partial charge in [-0.25, -0.2) is 9.37 Å². The first-order chi connectivity index (χ1) is 11.1. The summed E-state index contributed by atoms with van der Waals surface area (Å²) in [5.74, 6) is -0.297. The second kappa shape index (κ2) is 5.90. The van der Waals surface area contributed by atoms with Crippen molar-refractivity contribution in [2.75, 3.05) is 5.73 Å². The van der Waals surface area contributed by atoms with E-state index >= 15 is 0 Å². The highest BCUT2D eigenvalue weighted by atomic mass is 19.1. The zero-order valence-corrected chi connectivity index (χ0v) is 12.5. The van der Waals surface area contributed by atoms with Gasteiger partial charge < -0.3 is 5.73 Å². The summed E-state index contributed by atoms with van der Waals surface area (Å²) in [6.45, 7) is 1.98. The van der Waals surface area contributed by atoms with E-state index in [0.717, 1.165) is 11.1 Å². The Bertz CT molecular complexity index is 926. The standard InChI is InChI=1S/C19H14FN3/c1-12-5-4-6-13(9-12)18-10-15(16(11-21)19(22)23-18)14-7-2-3-8-17(14)20/h2-10H,1H3,(H2,22,23). The molecule has 1 heterocycles. The molecule has 1 aromatic heterocycles. The van der Waals surface area contributed by atoms with Crippen LogP contribution in [0.5, 0.6) is 0 Å². The normalized spacial score (nSPS) is 10.3. The number of aromatic nitrogens is 1. The molecule has 0 aliphatic rings. The third kappa shape index (κ3) is 2.77. The Morgan fingerprint density at radius 1 is 1.04 bits per heavy atom. The molecule has 112 valence electrons. The Morgan fingerprint density at radius 3 is 2.52 bits per heavy atom. The molecule has 0 fully saturated rings. The first-order valence-corrected chi connectivity index (χ1v) is 7.12. The number of nitrogens with zero attached hydrogens (tertiary/aromatic N) is 2. The molecule has 3 aromatic rings. The highest BCUT2D eigenvalue weighted by Gasteiger charge is 2.15. The Labute approximate surface area is 133 Å². The van der Waals surface area contributed by atoms with Crippen LogP contribution in [0.15, 0.2) is 54.6 Å². The average molecular weight is 303 g/mol. The van der Waals surface area contributed by atoms with Gasteiger partial charge in [0.15, 0.2) is 0 Å². The van der Waals surface area contributed by atoms with Crippen LogP contribution in [0.25, 0.3) is 22.4 Å². The molecule has 0 saturated carbocycles. The number of nitrogens with two attached hydrogens (primary N) is 1. The number of halogens is 1. The van der Waals surface area contributed by atoms with Crippen molar-refractivity contribution in [2.24, 2.45) is 0 Å². The molecule has 0 amide bonds. The Morgan fingerprint density at radius 2 is 1.83 bits per heavy atom. The summed E-state index contributed by atoms with van der Waals surface area (Å²) in [6, 6.07) is 17.8. The van der Waals surface area contributed by atoms with Crippen LogP contribution in [0.2, 0.25) is 0 Å². The Kier molecular flexibility index (Phi) is 3.78. The number of hydrogen-bond acceptors (Lipinski definition) is 3. The third-order valence-corrected chi connectivity index (χ3v) is 3.64. The van der Waals surface area contributed by atoms with Gasteiger partial charge in [-0.1, -0.05) is 42.0 Å². The maximum atomic E-state index is 14.2. The van der Waals surface area contributed by atoms with Gasteiger partial charge in [0.05, 0.1) is 5.69 Å². The van der Waals surface area contributed by atoms with E-state index in [1.54, 1.807) is 24.3 Å². The van der Waals surface area contributed by atoms with Gasteiger partial charge in [-0.05, 0) is 25.1 Å². The summed E-state index contributed by atoms with van der Waals surface area (Å²) in [7, 11) is 0. The summed E-state index contributed by atoms with van der Waals surface area (Å²) in [6.07, 6.45) is 0. The number of anilines is 1. The van der Waals surface area contributed by atoms with Gasteiger partial charge in [-0.15, -0.1) is 0 Å². The summed E-state index contributed by atoms with van der Waals surface area (Å²) >= 11 is 0. The van der Waals surface area contributed by atoms with Crippen molar-refractivity contribution in [3.05, 3.63) is 71.5 Å². The van der Waals surface area contributed by atoms with Crippen molar-refractivity contribution >= 4 is 5.82 Å². The van der Waals surface area contributed by atoms with Crippen molar-refractivity contribution in [1.29, 1.82) is 5.26 Å². The summed E-state index contributed by atoms with van der Waals surface area (Å²) in [5.41, 5.74) is 9.49. The van der Waals surface area contributed by atoms with Gasteiger partial charge in [-0.2, -0.15) is 5.26 Å². The number of aryl methyl sites for hydroxylation is 1. The quantitative estimate of drug-likeness (QED) is 0.767. The van der Waals surface area contributed by atoms with E-state index in [4.69, 9.17) is 5.73 Å². The zero-order chi connectivity index (χ0) is 16.4. The molecule has 2 N–H and O–H groups in total. The minimum absolute atomic E-state index is 0.102. The summed E-state index contributed by atoms with van der Waals surface area (Å²) in [4.78, 5) is 4.30. The fourth-order valence-electron chi connectivity index (χ4n) is 2.53. The molecule has 23 heavy (non-hydrogen) atoms. The van der Waals surface area contributed by atoms with E-state index in [-0.39, 0.29) is 11.4 Å². The van der Waals surface area contributed by atoms with Crippen LogP contribution < -0.4 is 5.73 Å². The van der Waals surface area contributed by atoms with E-state index in [9.17, 15) is 9.65 Å². The first kappa shape index (κ1) is 14.7. The smallest absolute Gasteiger partial charge is 0.142 e. The van der Waals surface area contributed by atoms with E-state index in [0.29, 0.717) is 16.8 Å². The van der Waals surface area contributed by atoms with Crippen molar-refractivity contribution in [3.8, 4) is 28.5 Å². The number of rotatable bonds is 2. The highest BCUT2D eigenvalue weighted by molar-refractivity contribution is 5.80. The lowest BCUT2D eigenvalue weighted by Gasteiger charge is -2.11. The summed E-state index contributed by atoms with van der Waals surface area (Å²) in [5, 5.41) is 9.36. The fourth-order valence-corrected chi connectivity index (χ4v) is 2.53. The Balaban J connectivity index is 2.27. The molecule has 0 radical (unpaired) electrons. The second-order valence-corrected chi connectivity index (χ2v) is 5.28. The lowest BCUT2D eigenvalue weighted by atomic mass is 9.97. The number of benzene rings is 2. The van der Waals surface area contributed by atoms with E-state index in [2.05, 4.69) is 4.98 Å². The largest absolute Gasteiger partial charge is 0.383 e. The topological polar surface area (TPSA) is 62.7 Å². The second-order valence-electron chi connectivity index (χ2n) is 5.28. The van der Waals surface area contributed by atoms with Crippen LogP contribution in [0.1, 0.15) is 11.1 Å². The summed E-state index contributed by atoms with van der Waals surface area (Å²) < 4.78 is 14.2. The van der Waals surface area contributed by atoms with Gasteiger partial charge in [-0.3, -0.25) is 0 Å². The lowest BCUT2D eigenvalue weighted by Crippen LogP contribution is -2.00.